The van der Waals surface area contributed by atoms with Gasteiger partial charge in [0.2, 0.25) is 5.91 Å². The van der Waals surface area contributed by atoms with Crippen LogP contribution < -0.4 is 15.4 Å². The van der Waals surface area contributed by atoms with Crippen molar-refractivity contribution in [1.29, 1.82) is 0 Å². The van der Waals surface area contributed by atoms with Crippen LogP contribution in [-0.2, 0) is 11.3 Å². The molecular formula is C13H17FN2O2. The van der Waals surface area contributed by atoms with E-state index in [0.29, 0.717) is 25.1 Å². The van der Waals surface area contributed by atoms with Crippen molar-refractivity contribution in [1.82, 2.24) is 10.6 Å². The molecule has 0 radical (unpaired) electrons. The third-order valence-corrected chi connectivity index (χ3v) is 3.05. The van der Waals surface area contributed by atoms with E-state index in [1.54, 1.807) is 18.2 Å². The lowest BCUT2D eigenvalue weighted by Gasteiger charge is -2.12. The second kappa shape index (κ2) is 5.82. The molecule has 0 bridgehead atoms. The van der Waals surface area contributed by atoms with Crippen molar-refractivity contribution >= 4 is 5.91 Å². The second-order valence-electron chi connectivity index (χ2n) is 4.37. The molecule has 1 aromatic rings. The van der Waals surface area contributed by atoms with E-state index >= 15 is 0 Å². The zero-order valence-corrected chi connectivity index (χ0v) is 10.3. The molecule has 2 N–H and O–H groups in total. The number of amides is 1. The predicted molar refractivity (Wildman–Crippen MR) is 65.8 cm³/mol. The number of methoxy groups -OCH3 is 1. The number of ether oxygens (including phenoxy) is 1. The molecule has 1 aliphatic heterocycles. The molecule has 1 aromatic carbocycles. The monoisotopic (exact) mass is 252 g/mol. The van der Waals surface area contributed by atoms with Crippen LogP contribution in [0.1, 0.15) is 18.4 Å². The predicted octanol–water partition coefficient (Wildman–Crippen LogP) is 1.20. The van der Waals surface area contributed by atoms with E-state index in [1.807, 2.05) is 0 Å². The minimum atomic E-state index is -0.331. The lowest BCUT2D eigenvalue weighted by molar-refractivity contribution is -0.119. The van der Waals surface area contributed by atoms with Crippen molar-refractivity contribution in [2.75, 3.05) is 13.7 Å². The minimum absolute atomic E-state index is 0.0920. The Hall–Kier alpha value is -1.62. The Balaban J connectivity index is 1.85. The van der Waals surface area contributed by atoms with Gasteiger partial charge in [-0.15, -0.1) is 0 Å². The van der Waals surface area contributed by atoms with Gasteiger partial charge in [0.1, 0.15) is 0 Å². The molecule has 2 rings (SSSR count). The zero-order chi connectivity index (χ0) is 13.0. The van der Waals surface area contributed by atoms with E-state index in [2.05, 4.69) is 10.6 Å². The average Bonchev–Trinajstić information content (AvgIpc) is 2.77. The highest BCUT2D eigenvalue weighted by atomic mass is 19.1. The first-order valence-corrected chi connectivity index (χ1v) is 6.02. The first kappa shape index (κ1) is 12.8. The molecule has 1 atom stereocenters. The lowest BCUT2D eigenvalue weighted by Crippen LogP contribution is -2.35. The van der Waals surface area contributed by atoms with Crippen LogP contribution in [0.25, 0.3) is 0 Å². The Morgan fingerprint density at radius 1 is 1.56 bits per heavy atom. The Kier molecular flexibility index (Phi) is 4.15. The van der Waals surface area contributed by atoms with Crippen LogP contribution in [-0.4, -0.2) is 25.6 Å². The molecule has 1 aliphatic rings. The van der Waals surface area contributed by atoms with Crippen LogP contribution in [0.3, 0.4) is 0 Å². The summed E-state index contributed by atoms with van der Waals surface area (Å²) < 4.78 is 18.7. The summed E-state index contributed by atoms with van der Waals surface area (Å²) in [6, 6.07) is 5.23. The van der Waals surface area contributed by atoms with Gasteiger partial charge in [-0.05, 0) is 12.5 Å². The van der Waals surface area contributed by atoms with E-state index < -0.39 is 0 Å². The van der Waals surface area contributed by atoms with Crippen LogP contribution in [0.5, 0.6) is 5.75 Å². The molecule has 1 fully saturated rings. The first-order chi connectivity index (χ1) is 8.70. The van der Waals surface area contributed by atoms with Crippen LogP contribution in [0, 0.1) is 5.82 Å². The first-order valence-electron chi connectivity index (χ1n) is 6.02. The number of carbonyl (C=O) groups is 1. The van der Waals surface area contributed by atoms with Crippen LogP contribution >= 0.6 is 0 Å². The maximum Gasteiger partial charge on any atom is 0.220 e. The summed E-state index contributed by atoms with van der Waals surface area (Å²) in [6.45, 7) is 1.08. The fourth-order valence-electron chi connectivity index (χ4n) is 2.06. The Morgan fingerprint density at radius 2 is 2.39 bits per heavy atom. The molecule has 1 amide bonds. The van der Waals surface area contributed by atoms with E-state index in [9.17, 15) is 9.18 Å². The Labute approximate surface area is 106 Å². The molecule has 0 aliphatic carbocycles. The third-order valence-electron chi connectivity index (χ3n) is 3.05. The molecule has 0 spiro atoms. The summed E-state index contributed by atoms with van der Waals surface area (Å²) in [5.74, 6) is 0.0146. The molecule has 18 heavy (non-hydrogen) atoms. The Bertz CT molecular complexity index is 437. The maximum absolute atomic E-state index is 13.8. The van der Waals surface area contributed by atoms with Crippen molar-refractivity contribution in [3.63, 3.8) is 0 Å². The molecule has 0 aromatic heterocycles. The normalized spacial score (nSPS) is 18.8. The highest BCUT2D eigenvalue weighted by molar-refractivity contribution is 5.78. The van der Waals surface area contributed by atoms with Crippen molar-refractivity contribution in [2.24, 2.45) is 0 Å². The highest BCUT2D eigenvalue weighted by Crippen LogP contribution is 2.19. The SMILES string of the molecule is COc1cccc(CNCC2CCC(=O)N2)c1F. The summed E-state index contributed by atoms with van der Waals surface area (Å²) in [5.41, 5.74) is 0.568. The van der Waals surface area contributed by atoms with E-state index in [4.69, 9.17) is 4.74 Å². The maximum atomic E-state index is 13.8. The average molecular weight is 252 g/mol. The van der Waals surface area contributed by atoms with Crippen LogP contribution in [0.2, 0.25) is 0 Å². The number of carbonyl (C=O) groups excluding carboxylic acids is 1. The molecule has 1 saturated heterocycles. The van der Waals surface area contributed by atoms with Gasteiger partial charge in [-0.25, -0.2) is 4.39 Å². The van der Waals surface area contributed by atoms with E-state index in [-0.39, 0.29) is 23.5 Å². The van der Waals surface area contributed by atoms with Crippen molar-refractivity contribution in [3.8, 4) is 5.75 Å². The van der Waals surface area contributed by atoms with Crippen molar-refractivity contribution in [3.05, 3.63) is 29.6 Å². The number of nitrogens with one attached hydrogen (secondary N) is 2. The van der Waals surface area contributed by atoms with Gasteiger partial charge in [0.15, 0.2) is 11.6 Å². The zero-order valence-electron chi connectivity index (χ0n) is 10.3. The van der Waals surface area contributed by atoms with Gasteiger partial charge in [0.05, 0.1) is 7.11 Å². The molecule has 98 valence electrons. The standard InChI is InChI=1S/C13H17FN2O2/c1-18-11-4-2-3-9(13(11)14)7-15-8-10-5-6-12(17)16-10/h2-4,10,15H,5-8H2,1H3,(H,16,17). The number of benzene rings is 1. The van der Waals surface area contributed by atoms with Crippen molar-refractivity contribution < 1.29 is 13.9 Å². The smallest absolute Gasteiger partial charge is 0.220 e. The number of hydrogen-bond acceptors (Lipinski definition) is 3. The number of halogens is 1. The van der Waals surface area contributed by atoms with Crippen molar-refractivity contribution in [2.45, 2.75) is 25.4 Å². The van der Waals surface area contributed by atoms with Gasteiger partial charge < -0.3 is 15.4 Å². The topological polar surface area (TPSA) is 50.4 Å². The Morgan fingerprint density at radius 3 is 3.06 bits per heavy atom. The second-order valence-corrected chi connectivity index (χ2v) is 4.37. The van der Waals surface area contributed by atoms with E-state index in [0.717, 1.165) is 6.42 Å². The number of hydrogen-bond donors (Lipinski definition) is 2. The fourth-order valence-corrected chi connectivity index (χ4v) is 2.06. The van der Waals surface area contributed by atoms with Gasteiger partial charge >= 0.3 is 0 Å². The molecule has 4 nitrogen and oxygen atoms in total. The van der Waals surface area contributed by atoms with Gasteiger partial charge in [-0.1, -0.05) is 12.1 Å². The van der Waals surface area contributed by atoms with Gasteiger partial charge in [-0.2, -0.15) is 0 Å². The third kappa shape index (κ3) is 2.98. The van der Waals surface area contributed by atoms with Gasteiger partial charge in [0.25, 0.3) is 0 Å². The largest absolute Gasteiger partial charge is 0.494 e. The van der Waals surface area contributed by atoms with E-state index in [1.165, 1.54) is 7.11 Å². The summed E-state index contributed by atoms with van der Waals surface area (Å²) >= 11 is 0. The summed E-state index contributed by atoms with van der Waals surface area (Å²) in [6.07, 6.45) is 1.42. The molecular weight excluding hydrogens is 235 g/mol. The summed E-state index contributed by atoms with van der Waals surface area (Å²) in [5, 5.41) is 6.00. The minimum Gasteiger partial charge on any atom is -0.494 e. The quantitative estimate of drug-likeness (QED) is 0.828. The molecule has 5 heteroatoms. The fraction of sp³-hybridized carbons (Fsp3) is 0.462. The summed E-state index contributed by atoms with van der Waals surface area (Å²) in [4.78, 5) is 11.0. The van der Waals surface area contributed by atoms with Crippen LogP contribution in [0.15, 0.2) is 18.2 Å². The number of rotatable bonds is 5. The van der Waals surface area contributed by atoms with Gasteiger partial charge in [0, 0.05) is 31.1 Å². The highest BCUT2D eigenvalue weighted by Gasteiger charge is 2.20. The van der Waals surface area contributed by atoms with Gasteiger partial charge in [-0.3, -0.25) is 4.79 Å². The molecule has 0 saturated carbocycles. The summed E-state index contributed by atoms with van der Waals surface area (Å²) in [7, 11) is 1.45. The van der Waals surface area contributed by atoms with Crippen LogP contribution in [0.4, 0.5) is 4.39 Å². The molecule has 1 unspecified atom stereocenters. The molecule has 1 heterocycles. The lowest BCUT2D eigenvalue weighted by atomic mass is 10.2.